The van der Waals surface area contributed by atoms with Crippen LogP contribution in [-0.4, -0.2) is 27.0 Å². The summed E-state index contributed by atoms with van der Waals surface area (Å²) < 4.78 is 1.87. The normalized spacial score (nSPS) is 20.2. The van der Waals surface area contributed by atoms with Crippen LogP contribution < -0.4 is 5.32 Å². The molecule has 5 heteroatoms. The maximum Gasteiger partial charge on any atom is 0.256 e. The largest absolute Gasteiger partial charge is 0.352 e. The van der Waals surface area contributed by atoms with Gasteiger partial charge in [-0.25, -0.2) is 9.50 Å². The van der Waals surface area contributed by atoms with E-state index >= 15 is 0 Å². The highest BCUT2D eigenvalue weighted by atomic mass is 16.1. The van der Waals surface area contributed by atoms with Crippen LogP contribution in [0.1, 0.15) is 67.1 Å². The summed E-state index contributed by atoms with van der Waals surface area (Å²) in [5.41, 5.74) is 5.23. The third kappa shape index (κ3) is 3.32. The summed E-state index contributed by atoms with van der Waals surface area (Å²) in [6, 6.07) is 0. The first-order chi connectivity index (χ1) is 12.2. The standard InChI is InChI=1S/C20H26N4O/c1-14-7-8-18-16(11-14)12-22-19-17(13-23-24(18)19)20(25)21-10-9-15-5-3-2-4-6-15/h5,12-14H,2-4,6-11H2,1H3,(H,21,25)/t14-/m1/s1. The fourth-order valence-corrected chi connectivity index (χ4v) is 4.03. The molecule has 0 spiro atoms. The highest BCUT2D eigenvalue weighted by Crippen LogP contribution is 2.26. The van der Waals surface area contributed by atoms with Crippen molar-refractivity contribution in [2.24, 2.45) is 5.92 Å². The van der Waals surface area contributed by atoms with Gasteiger partial charge >= 0.3 is 0 Å². The number of rotatable bonds is 4. The lowest BCUT2D eigenvalue weighted by Gasteiger charge is -2.21. The summed E-state index contributed by atoms with van der Waals surface area (Å²) in [6.07, 6.45) is 15.1. The second-order valence-corrected chi connectivity index (χ2v) is 7.49. The molecule has 0 fully saturated rings. The number of amides is 1. The van der Waals surface area contributed by atoms with Gasteiger partial charge in [0.2, 0.25) is 0 Å². The number of aromatic nitrogens is 3. The molecule has 0 radical (unpaired) electrons. The maximum atomic E-state index is 12.6. The van der Waals surface area contributed by atoms with Crippen LogP contribution in [0.5, 0.6) is 0 Å². The van der Waals surface area contributed by atoms with E-state index in [0.29, 0.717) is 23.7 Å². The first-order valence-corrected chi connectivity index (χ1v) is 9.53. The van der Waals surface area contributed by atoms with E-state index < -0.39 is 0 Å². The second kappa shape index (κ2) is 6.98. The van der Waals surface area contributed by atoms with Crippen molar-refractivity contribution in [2.45, 2.75) is 58.3 Å². The Bertz CT molecular complexity index is 820. The summed E-state index contributed by atoms with van der Waals surface area (Å²) in [5.74, 6) is 0.627. The van der Waals surface area contributed by atoms with Crippen LogP contribution in [0, 0.1) is 5.92 Å². The molecule has 2 aromatic rings. The van der Waals surface area contributed by atoms with Gasteiger partial charge in [-0.1, -0.05) is 18.6 Å². The number of nitrogens with zero attached hydrogens (tertiary/aromatic N) is 3. The lowest BCUT2D eigenvalue weighted by Crippen LogP contribution is -2.25. The summed E-state index contributed by atoms with van der Waals surface area (Å²) in [6.45, 7) is 2.96. The van der Waals surface area contributed by atoms with Crippen molar-refractivity contribution in [3.8, 4) is 0 Å². The average molecular weight is 338 g/mol. The number of allylic oxidation sites excluding steroid dienone is 1. The summed E-state index contributed by atoms with van der Waals surface area (Å²) in [4.78, 5) is 17.1. The molecule has 1 amide bonds. The molecular formula is C20H26N4O. The highest BCUT2D eigenvalue weighted by Gasteiger charge is 2.22. The molecule has 2 aromatic heterocycles. The average Bonchev–Trinajstić information content (AvgIpc) is 3.06. The van der Waals surface area contributed by atoms with Crippen LogP contribution in [0.3, 0.4) is 0 Å². The van der Waals surface area contributed by atoms with E-state index in [4.69, 9.17) is 0 Å². The molecule has 1 N–H and O–H groups in total. The molecule has 2 aliphatic rings. The monoisotopic (exact) mass is 338 g/mol. The summed E-state index contributed by atoms with van der Waals surface area (Å²) in [7, 11) is 0. The summed E-state index contributed by atoms with van der Waals surface area (Å²) >= 11 is 0. The molecule has 1 atom stereocenters. The Morgan fingerprint density at radius 3 is 3.08 bits per heavy atom. The molecule has 2 heterocycles. The first-order valence-electron chi connectivity index (χ1n) is 9.53. The van der Waals surface area contributed by atoms with Gasteiger partial charge in [-0.2, -0.15) is 5.10 Å². The molecule has 0 bridgehead atoms. The van der Waals surface area contributed by atoms with Gasteiger partial charge in [0, 0.05) is 18.4 Å². The number of fused-ring (bicyclic) bond motifs is 3. The molecule has 0 unspecified atom stereocenters. The van der Waals surface area contributed by atoms with Gasteiger partial charge in [-0.05, 0) is 62.8 Å². The number of aryl methyl sites for hydroxylation is 1. The van der Waals surface area contributed by atoms with Gasteiger partial charge < -0.3 is 5.32 Å². The van der Waals surface area contributed by atoms with Gasteiger partial charge in [0.05, 0.1) is 6.20 Å². The topological polar surface area (TPSA) is 59.3 Å². The van der Waals surface area contributed by atoms with Crippen molar-refractivity contribution in [3.63, 3.8) is 0 Å². The number of nitrogens with one attached hydrogen (secondary N) is 1. The minimum Gasteiger partial charge on any atom is -0.352 e. The van der Waals surface area contributed by atoms with Crippen molar-refractivity contribution in [1.29, 1.82) is 0 Å². The number of carbonyl (C=O) groups excluding carboxylic acids is 1. The van der Waals surface area contributed by atoms with Crippen molar-refractivity contribution in [3.05, 3.63) is 40.9 Å². The lowest BCUT2D eigenvalue weighted by molar-refractivity contribution is 0.0955. The Kier molecular flexibility index (Phi) is 4.55. The van der Waals surface area contributed by atoms with Gasteiger partial charge in [-0.3, -0.25) is 4.79 Å². The van der Waals surface area contributed by atoms with Gasteiger partial charge in [-0.15, -0.1) is 0 Å². The Morgan fingerprint density at radius 1 is 1.32 bits per heavy atom. The van der Waals surface area contributed by atoms with Gasteiger partial charge in [0.1, 0.15) is 5.56 Å². The van der Waals surface area contributed by atoms with Crippen molar-refractivity contribution >= 4 is 11.6 Å². The molecule has 4 rings (SSSR count). The van der Waals surface area contributed by atoms with Gasteiger partial charge in [0.15, 0.2) is 5.65 Å². The molecule has 5 nitrogen and oxygen atoms in total. The minimum atomic E-state index is -0.0666. The third-order valence-electron chi connectivity index (χ3n) is 5.52. The van der Waals surface area contributed by atoms with E-state index in [-0.39, 0.29) is 5.91 Å². The first kappa shape index (κ1) is 16.3. The van der Waals surface area contributed by atoms with Crippen LogP contribution in [0.25, 0.3) is 5.65 Å². The van der Waals surface area contributed by atoms with Gasteiger partial charge in [0.25, 0.3) is 5.91 Å². The van der Waals surface area contributed by atoms with E-state index in [0.717, 1.165) is 19.3 Å². The zero-order valence-electron chi connectivity index (χ0n) is 14.9. The van der Waals surface area contributed by atoms with Crippen LogP contribution in [0.4, 0.5) is 0 Å². The fourth-order valence-electron chi connectivity index (χ4n) is 4.03. The van der Waals surface area contributed by atoms with Crippen molar-refractivity contribution < 1.29 is 4.79 Å². The van der Waals surface area contributed by atoms with Crippen molar-refractivity contribution in [2.75, 3.05) is 6.54 Å². The van der Waals surface area contributed by atoms with E-state index in [1.54, 1.807) is 6.20 Å². The Balaban J connectivity index is 1.47. The van der Waals surface area contributed by atoms with Crippen LogP contribution in [0.15, 0.2) is 24.0 Å². The summed E-state index contributed by atoms with van der Waals surface area (Å²) in [5, 5.41) is 7.50. The number of hydrogen-bond donors (Lipinski definition) is 1. The quantitative estimate of drug-likeness (QED) is 0.868. The van der Waals surface area contributed by atoms with E-state index in [9.17, 15) is 4.79 Å². The maximum absolute atomic E-state index is 12.6. The fraction of sp³-hybridized carbons (Fsp3) is 0.550. The minimum absolute atomic E-state index is 0.0666. The molecular weight excluding hydrogens is 312 g/mol. The van der Waals surface area contributed by atoms with Crippen LogP contribution in [-0.2, 0) is 12.8 Å². The lowest BCUT2D eigenvalue weighted by atomic mass is 9.89. The molecule has 0 aliphatic heterocycles. The Labute approximate surface area is 148 Å². The van der Waals surface area contributed by atoms with Crippen LogP contribution >= 0.6 is 0 Å². The van der Waals surface area contributed by atoms with E-state index in [2.05, 4.69) is 28.4 Å². The number of hydrogen-bond acceptors (Lipinski definition) is 3. The molecule has 0 aromatic carbocycles. The Hall–Kier alpha value is -2.17. The van der Waals surface area contributed by atoms with E-state index in [1.165, 1.54) is 48.9 Å². The molecule has 0 saturated heterocycles. The number of carbonyl (C=O) groups is 1. The SMILES string of the molecule is C[C@@H]1CCc2c(cnc3c(C(=O)NCCC4=CCCCC4)cnn23)C1. The predicted molar refractivity (Wildman–Crippen MR) is 97.7 cm³/mol. The molecule has 0 saturated carbocycles. The Morgan fingerprint density at radius 2 is 2.24 bits per heavy atom. The molecule has 2 aliphatic carbocycles. The molecule has 25 heavy (non-hydrogen) atoms. The van der Waals surface area contributed by atoms with E-state index in [1.807, 2.05) is 10.7 Å². The zero-order chi connectivity index (χ0) is 17.2. The second-order valence-electron chi connectivity index (χ2n) is 7.49. The molecule has 132 valence electrons. The van der Waals surface area contributed by atoms with Crippen LogP contribution in [0.2, 0.25) is 0 Å². The predicted octanol–water partition coefficient (Wildman–Crippen LogP) is 3.47. The van der Waals surface area contributed by atoms with Crippen molar-refractivity contribution in [1.82, 2.24) is 19.9 Å². The smallest absolute Gasteiger partial charge is 0.256 e. The highest BCUT2D eigenvalue weighted by molar-refractivity contribution is 5.99. The zero-order valence-corrected chi connectivity index (χ0v) is 14.9. The third-order valence-corrected chi connectivity index (χ3v) is 5.52.